The molecule has 2 rings (SSSR count). The molecule has 0 fully saturated rings. The minimum atomic E-state index is -0.0746. The second kappa shape index (κ2) is 7.21. The zero-order chi connectivity index (χ0) is 15.2. The molecule has 0 unspecified atom stereocenters. The molecule has 0 aromatic heterocycles. The Kier molecular flexibility index (Phi) is 5.32. The van der Waals surface area contributed by atoms with E-state index in [-0.39, 0.29) is 5.91 Å². The van der Waals surface area contributed by atoms with E-state index in [1.54, 1.807) is 7.05 Å². The van der Waals surface area contributed by atoms with Crippen molar-refractivity contribution in [2.45, 2.75) is 46.0 Å². The summed E-state index contributed by atoms with van der Waals surface area (Å²) in [6.07, 6.45) is 7.90. The van der Waals surface area contributed by atoms with Crippen molar-refractivity contribution in [1.82, 2.24) is 5.32 Å². The number of carbonyl (C=O) groups is 1. The number of benzene rings is 1. The highest BCUT2D eigenvalue weighted by atomic mass is 16.1. The maximum atomic E-state index is 12.1. The van der Waals surface area contributed by atoms with E-state index in [4.69, 9.17) is 4.99 Å². The Morgan fingerprint density at radius 2 is 2.14 bits per heavy atom. The van der Waals surface area contributed by atoms with Crippen LogP contribution >= 0.6 is 0 Å². The first-order chi connectivity index (χ1) is 10.2. The summed E-state index contributed by atoms with van der Waals surface area (Å²) in [4.78, 5) is 16.9. The number of hydrogen-bond donors (Lipinski definition) is 1. The number of allylic oxidation sites excluding steroid dienone is 2. The average molecular weight is 284 g/mol. The van der Waals surface area contributed by atoms with Gasteiger partial charge in [-0.1, -0.05) is 25.1 Å². The Labute approximate surface area is 127 Å². The smallest absolute Gasteiger partial charge is 0.253 e. The molecule has 1 aliphatic rings. The summed E-state index contributed by atoms with van der Waals surface area (Å²) in [7, 11) is 1.66. The lowest BCUT2D eigenvalue weighted by Gasteiger charge is -2.14. The molecule has 1 aliphatic carbocycles. The number of amides is 1. The van der Waals surface area contributed by atoms with Crippen molar-refractivity contribution in [1.29, 1.82) is 0 Å². The molecule has 1 aromatic carbocycles. The van der Waals surface area contributed by atoms with E-state index in [1.165, 1.54) is 18.4 Å². The number of nitrogens with zero attached hydrogens (tertiary/aromatic N) is 1. The predicted octanol–water partition coefficient (Wildman–Crippen LogP) is 4.20. The van der Waals surface area contributed by atoms with Crippen molar-refractivity contribution in [2.24, 2.45) is 4.99 Å². The topological polar surface area (TPSA) is 41.5 Å². The van der Waals surface area contributed by atoms with Crippen LogP contribution in [-0.2, 0) is 6.42 Å². The Morgan fingerprint density at radius 1 is 1.33 bits per heavy atom. The van der Waals surface area contributed by atoms with Crippen molar-refractivity contribution in [2.75, 3.05) is 7.05 Å². The number of hydrogen-bond acceptors (Lipinski definition) is 2. The molecular weight excluding hydrogens is 260 g/mol. The second-order valence-electron chi connectivity index (χ2n) is 5.42. The Balaban J connectivity index is 2.46. The molecule has 3 nitrogen and oxygen atoms in total. The van der Waals surface area contributed by atoms with Gasteiger partial charge in [-0.2, -0.15) is 0 Å². The lowest BCUT2D eigenvalue weighted by Crippen LogP contribution is -2.18. The summed E-state index contributed by atoms with van der Waals surface area (Å²) >= 11 is 0. The van der Waals surface area contributed by atoms with Gasteiger partial charge in [-0.25, -0.2) is 0 Å². The Bertz CT molecular complexity index is 585. The van der Waals surface area contributed by atoms with Crippen molar-refractivity contribution in [3.8, 4) is 0 Å². The summed E-state index contributed by atoms with van der Waals surface area (Å²) in [6, 6.07) is 5.82. The molecule has 0 saturated heterocycles. The van der Waals surface area contributed by atoms with E-state index < -0.39 is 0 Å². The molecule has 0 bridgehead atoms. The number of aliphatic imine (C=N–C) groups is 1. The monoisotopic (exact) mass is 284 g/mol. The van der Waals surface area contributed by atoms with Crippen LogP contribution in [0.3, 0.4) is 0 Å². The SMILES string of the molecule is CCc1cccc(C(=O)NC)c1N=C(C)C1=CCCCC1. The third kappa shape index (κ3) is 3.60. The molecule has 0 heterocycles. The quantitative estimate of drug-likeness (QED) is 0.827. The molecule has 0 saturated carbocycles. The van der Waals surface area contributed by atoms with Crippen molar-refractivity contribution in [3.63, 3.8) is 0 Å². The third-order valence-electron chi connectivity index (χ3n) is 4.01. The minimum absolute atomic E-state index is 0.0746. The van der Waals surface area contributed by atoms with Gasteiger partial charge in [0.2, 0.25) is 0 Å². The molecule has 0 aliphatic heterocycles. The number of carbonyl (C=O) groups excluding carboxylic acids is 1. The standard InChI is InChI=1S/C18H24N2O/c1-4-14-11-8-12-16(18(21)19-3)17(14)20-13(2)15-9-6-5-7-10-15/h8-9,11-12H,4-7,10H2,1-3H3,(H,19,21). The number of aryl methyl sites for hydroxylation is 1. The van der Waals surface area contributed by atoms with Gasteiger partial charge in [0.1, 0.15) is 0 Å². The summed E-state index contributed by atoms with van der Waals surface area (Å²) in [5.41, 5.74) is 4.97. The van der Waals surface area contributed by atoms with Crippen LogP contribution in [0.5, 0.6) is 0 Å². The van der Waals surface area contributed by atoms with Crippen molar-refractivity contribution < 1.29 is 4.79 Å². The fourth-order valence-electron chi connectivity index (χ4n) is 2.73. The van der Waals surface area contributed by atoms with Crippen LogP contribution in [0.15, 0.2) is 34.8 Å². The fraction of sp³-hybridized carbons (Fsp3) is 0.444. The molecule has 0 radical (unpaired) electrons. The third-order valence-corrected chi connectivity index (χ3v) is 4.01. The Hall–Kier alpha value is -1.90. The largest absolute Gasteiger partial charge is 0.355 e. The molecule has 0 spiro atoms. The molecule has 0 atom stereocenters. The normalized spacial score (nSPS) is 15.6. The van der Waals surface area contributed by atoms with Gasteiger partial charge in [-0.3, -0.25) is 9.79 Å². The van der Waals surface area contributed by atoms with Crippen LogP contribution in [0.4, 0.5) is 5.69 Å². The molecule has 3 heteroatoms. The highest BCUT2D eigenvalue weighted by Crippen LogP contribution is 2.28. The second-order valence-corrected chi connectivity index (χ2v) is 5.42. The highest BCUT2D eigenvalue weighted by molar-refractivity contribution is 6.04. The highest BCUT2D eigenvalue weighted by Gasteiger charge is 2.14. The minimum Gasteiger partial charge on any atom is -0.355 e. The molecule has 21 heavy (non-hydrogen) atoms. The lowest BCUT2D eigenvalue weighted by atomic mass is 9.96. The van der Waals surface area contributed by atoms with E-state index in [1.807, 2.05) is 18.2 Å². The van der Waals surface area contributed by atoms with E-state index in [0.29, 0.717) is 5.56 Å². The van der Waals surface area contributed by atoms with Gasteiger partial charge in [-0.05, 0) is 56.2 Å². The molecule has 1 N–H and O–H groups in total. The molecule has 1 aromatic rings. The molecule has 1 amide bonds. The number of para-hydroxylation sites is 1. The van der Waals surface area contributed by atoms with E-state index >= 15 is 0 Å². The van der Waals surface area contributed by atoms with Gasteiger partial charge in [-0.15, -0.1) is 0 Å². The first kappa shape index (κ1) is 15.5. The van der Waals surface area contributed by atoms with Crippen LogP contribution in [-0.4, -0.2) is 18.7 Å². The fourth-order valence-corrected chi connectivity index (χ4v) is 2.73. The van der Waals surface area contributed by atoms with E-state index in [2.05, 4.69) is 25.2 Å². The van der Waals surface area contributed by atoms with E-state index in [9.17, 15) is 4.79 Å². The van der Waals surface area contributed by atoms with Gasteiger partial charge in [0.05, 0.1) is 11.3 Å². The zero-order valence-electron chi connectivity index (χ0n) is 13.2. The molecule has 112 valence electrons. The van der Waals surface area contributed by atoms with E-state index in [0.717, 1.165) is 36.2 Å². The van der Waals surface area contributed by atoms with Gasteiger partial charge in [0, 0.05) is 12.8 Å². The van der Waals surface area contributed by atoms with Gasteiger partial charge in [0.25, 0.3) is 5.91 Å². The first-order valence-corrected chi connectivity index (χ1v) is 7.76. The van der Waals surface area contributed by atoms with Crippen LogP contribution in [0.25, 0.3) is 0 Å². The average Bonchev–Trinajstić information content (AvgIpc) is 2.55. The maximum Gasteiger partial charge on any atom is 0.253 e. The summed E-state index contributed by atoms with van der Waals surface area (Å²) in [6.45, 7) is 4.15. The lowest BCUT2D eigenvalue weighted by molar-refractivity contribution is 0.0963. The summed E-state index contributed by atoms with van der Waals surface area (Å²) in [5.74, 6) is -0.0746. The summed E-state index contributed by atoms with van der Waals surface area (Å²) < 4.78 is 0. The zero-order valence-corrected chi connectivity index (χ0v) is 13.2. The number of nitrogens with one attached hydrogen (secondary N) is 1. The first-order valence-electron chi connectivity index (χ1n) is 7.76. The van der Waals surface area contributed by atoms with Crippen molar-refractivity contribution in [3.05, 3.63) is 41.0 Å². The van der Waals surface area contributed by atoms with Gasteiger partial charge >= 0.3 is 0 Å². The van der Waals surface area contributed by atoms with Crippen LogP contribution in [0.1, 0.15) is 55.5 Å². The van der Waals surface area contributed by atoms with Crippen LogP contribution < -0.4 is 5.32 Å². The molecular formula is C18H24N2O. The predicted molar refractivity (Wildman–Crippen MR) is 88.5 cm³/mol. The van der Waals surface area contributed by atoms with Crippen molar-refractivity contribution >= 4 is 17.3 Å². The summed E-state index contributed by atoms with van der Waals surface area (Å²) in [5, 5.41) is 2.70. The number of rotatable bonds is 4. The van der Waals surface area contributed by atoms with Crippen LogP contribution in [0, 0.1) is 0 Å². The Morgan fingerprint density at radius 3 is 2.76 bits per heavy atom. The van der Waals surface area contributed by atoms with Crippen LogP contribution in [0.2, 0.25) is 0 Å². The van der Waals surface area contributed by atoms with Gasteiger partial charge in [0.15, 0.2) is 0 Å². The maximum absolute atomic E-state index is 12.1. The van der Waals surface area contributed by atoms with Gasteiger partial charge < -0.3 is 5.32 Å².